The predicted octanol–water partition coefficient (Wildman–Crippen LogP) is 3.76. The van der Waals surface area contributed by atoms with E-state index in [1.165, 1.54) is 0 Å². The maximum atomic E-state index is 12.4. The van der Waals surface area contributed by atoms with Crippen LogP contribution in [0.4, 0.5) is 5.69 Å². The largest absolute Gasteiger partial charge is 0.398 e. The molecule has 0 aliphatic rings. The van der Waals surface area contributed by atoms with E-state index >= 15 is 0 Å². The summed E-state index contributed by atoms with van der Waals surface area (Å²) in [5.41, 5.74) is 6.95. The molecule has 1 amide bonds. The minimum Gasteiger partial charge on any atom is -0.398 e. The van der Waals surface area contributed by atoms with Gasteiger partial charge in [0, 0.05) is 17.1 Å². The van der Waals surface area contributed by atoms with Gasteiger partial charge in [-0.1, -0.05) is 12.1 Å². The van der Waals surface area contributed by atoms with Gasteiger partial charge in [-0.15, -0.1) is 11.3 Å². The number of hydrogen-bond acceptors (Lipinski definition) is 3. The van der Waals surface area contributed by atoms with Gasteiger partial charge in [0.15, 0.2) is 0 Å². The third-order valence-corrected chi connectivity index (χ3v) is 4.44. The summed E-state index contributed by atoms with van der Waals surface area (Å²) in [6, 6.07) is 11.2. The first-order valence-corrected chi connectivity index (χ1v) is 7.60. The molecule has 2 aromatic rings. The van der Waals surface area contributed by atoms with Crippen LogP contribution in [0.15, 0.2) is 40.2 Å². The predicted molar refractivity (Wildman–Crippen MR) is 83.3 cm³/mol. The number of thiophene rings is 1. The molecular formula is C14H15BrN2OS. The molecule has 5 heteroatoms. The van der Waals surface area contributed by atoms with E-state index in [0.717, 1.165) is 8.66 Å². The van der Waals surface area contributed by atoms with Crippen molar-refractivity contribution in [2.75, 3.05) is 12.3 Å². The molecule has 0 saturated carbocycles. The maximum absolute atomic E-state index is 12.4. The third-order valence-electron chi connectivity index (χ3n) is 2.84. The van der Waals surface area contributed by atoms with E-state index in [0.29, 0.717) is 24.3 Å². The number of anilines is 1. The Morgan fingerprint density at radius 1 is 1.32 bits per heavy atom. The van der Waals surface area contributed by atoms with Crippen LogP contribution in [0.25, 0.3) is 0 Å². The molecule has 0 spiro atoms. The topological polar surface area (TPSA) is 46.3 Å². The standard InChI is InChI=1S/C14H15BrN2OS/c1-2-17(9-10-7-8-13(15)19-10)14(18)11-5-3-4-6-12(11)16/h3-8H,2,9,16H2,1H3. The summed E-state index contributed by atoms with van der Waals surface area (Å²) < 4.78 is 1.07. The number of rotatable bonds is 4. The summed E-state index contributed by atoms with van der Waals surface area (Å²) in [4.78, 5) is 15.4. The van der Waals surface area contributed by atoms with Crippen LogP contribution in [-0.2, 0) is 6.54 Å². The molecule has 100 valence electrons. The second-order valence-corrected chi connectivity index (χ2v) is 6.66. The van der Waals surface area contributed by atoms with E-state index in [1.807, 2.05) is 31.2 Å². The van der Waals surface area contributed by atoms with Gasteiger partial charge in [-0.25, -0.2) is 0 Å². The fourth-order valence-electron chi connectivity index (χ4n) is 1.81. The third kappa shape index (κ3) is 3.36. The highest BCUT2D eigenvalue weighted by atomic mass is 79.9. The molecule has 0 radical (unpaired) electrons. The lowest BCUT2D eigenvalue weighted by molar-refractivity contribution is 0.0755. The number of nitrogen functional groups attached to an aromatic ring is 1. The Morgan fingerprint density at radius 2 is 2.05 bits per heavy atom. The van der Waals surface area contributed by atoms with Crippen LogP contribution in [0.3, 0.4) is 0 Å². The van der Waals surface area contributed by atoms with Gasteiger partial charge >= 0.3 is 0 Å². The number of hydrogen-bond donors (Lipinski definition) is 1. The van der Waals surface area contributed by atoms with Crippen LogP contribution in [0.5, 0.6) is 0 Å². The van der Waals surface area contributed by atoms with Crippen molar-refractivity contribution >= 4 is 38.9 Å². The lowest BCUT2D eigenvalue weighted by atomic mass is 10.1. The Balaban J connectivity index is 2.18. The molecule has 0 atom stereocenters. The van der Waals surface area contributed by atoms with Gasteiger partial charge in [0.1, 0.15) is 0 Å². The number of para-hydroxylation sites is 1. The van der Waals surface area contributed by atoms with E-state index in [2.05, 4.69) is 15.9 Å². The van der Waals surface area contributed by atoms with Gasteiger partial charge in [0.2, 0.25) is 0 Å². The molecule has 1 aromatic carbocycles. The second kappa shape index (κ2) is 6.21. The first-order valence-electron chi connectivity index (χ1n) is 5.99. The highest BCUT2D eigenvalue weighted by molar-refractivity contribution is 9.11. The summed E-state index contributed by atoms with van der Waals surface area (Å²) >= 11 is 5.07. The van der Waals surface area contributed by atoms with Crippen molar-refractivity contribution in [2.24, 2.45) is 0 Å². The quantitative estimate of drug-likeness (QED) is 0.863. The number of amides is 1. The summed E-state index contributed by atoms with van der Waals surface area (Å²) in [6.07, 6.45) is 0. The lowest BCUT2D eigenvalue weighted by Crippen LogP contribution is -2.30. The second-order valence-electron chi connectivity index (χ2n) is 4.11. The highest BCUT2D eigenvalue weighted by Crippen LogP contribution is 2.24. The minimum atomic E-state index is -0.0230. The van der Waals surface area contributed by atoms with Gasteiger partial charge in [0.05, 0.1) is 15.9 Å². The van der Waals surface area contributed by atoms with Crippen LogP contribution in [0.2, 0.25) is 0 Å². The number of benzene rings is 1. The fourth-order valence-corrected chi connectivity index (χ4v) is 3.31. The molecule has 2 N–H and O–H groups in total. The van der Waals surface area contributed by atoms with Crippen molar-refractivity contribution in [3.8, 4) is 0 Å². The Labute approximate surface area is 125 Å². The zero-order valence-corrected chi connectivity index (χ0v) is 13.0. The van der Waals surface area contributed by atoms with E-state index < -0.39 is 0 Å². The smallest absolute Gasteiger partial charge is 0.256 e. The van der Waals surface area contributed by atoms with Crippen molar-refractivity contribution in [1.82, 2.24) is 4.90 Å². The van der Waals surface area contributed by atoms with E-state index in [-0.39, 0.29) is 5.91 Å². The molecule has 0 unspecified atom stereocenters. The Morgan fingerprint density at radius 3 is 2.63 bits per heavy atom. The van der Waals surface area contributed by atoms with Gasteiger partial charge in [-0.2, -0.15) is 0 Å². The molecule has 0 saturated heterocycles. The van der Waals surface area contributed by atoms with Gasteiger partial charge in [0.25, 0.3) is 5.91 Å². The highest BCUT2D eigenvalue weighted by Gasteiger charge is 2.17. The number of halogens is 1. The molecule has 1 heterocycles. The maximum Gasteiger partial charge on any atom is 0.256 e. The summed E-state index contributed by atoms with van der Waals surface area (Å²) in [6.45, 7) is 3.24. The average Bonchev–Trinajstić information content (AvgIpc) is 2.81. The van der Waals surface area contributed by atoms with Crippen LogP contribution in [0.1, 0.15) is 22.2 Å². The van der Waals surface area contributed by atoms with Crippen LogP contribution >= 0.6 is 27.3 Å². The number of nitrogens with two attached hydrogens (primary N) is 1. The summed E-state index contributed by atoms with van der Waals surface area (Å²) in [5, 5.41) is 0. The van der Waals surface area contributed by atoms with Crippen molar-refractivity contribution in [1.29, 1.82) is 0 Å². The molecule has 3 nitrogen and oxygen atoms in total. The van der Waals surface area contributed by atoms with E-state index in [9.17, 15) is 4.79 Å². The van der Waals surface area contributed by atoms with Gasteiger partial charge < -0.3 is 10.6 Å². The van der Waals surface area contributed by atoms with E-state index in [4.69, 9.17) is 5.73 Å². The van der Waals surface area contributed by atoms with Crippen LogP contribution < -0.4 is 5.73 Å². The minimum absolute atomic E-state index is 0.0230. The summed E-state index contributed by atoms with van der Waals surface area (Å²) in [7, 11) is 0. The monoisotopic (exact) mass is 338 g/mol. The summed E-state index contributed by atoms with van der Waals surface area (Å²) in [5.74, 6) is -0.0230. The van der Waals surface area contributed by atoms with Crippen LogP contribution in [-0.4, -0.2) is 17.4 Å². The van der Waals surface area contributed by atoms with Crippen molar-refractivity contribution in [3.63, 3.8) is 0 Å². The Bertz CT molecular complexity index is 582. The van der Waals surface area contributed by atoms with Crippen LogP contribution in [0, 0.1) is 0 Å². The molecule has 1 aromatic heterocycles. The first-order chi connectivity index (χ1) is 9.11. The number of carbonyl (C=O) groups excluding carboxylic acids is 1. The zero-order chi connectivity index (χ0) is 13.8. The SMILES string of the molecule is CCN(Cc1ccc(Br)s1)C(=O)c1ccccc1N. The average molecular weight is 339 g/mol. The normalized spacial score (nSPS) is 10.4. The Kier molecular flexibility index (Phi) is 4.61. The van der Waals surface area contributed by atoms with Crippen molar-refractivity contribution in [2.45, 2.75) is 13.5 Å². The molecule has 0 fully saturated rings. The number of carbonyl (C=O) groups is 1. The molecule has 2 rings (SSSR count). The molecule has 0 bridgehead atoms. The molecule has 19 heavy (non-hydrogen) atoms. The molecule has 0 aliphatic carbocycles. The van der Waals surface area contributed by atoms with Gasteiger partial charge in [-0.05, 0) is 47.1 Å². The zero-order valence-electron chi connectivity index (χ0n) is 10.6. The van der Waals surface area contributed by atoms with Gasteiger partial charge in [-0.3, -0.25) is 4.79 Å². The lowest BCUT2D eigenvalue weighted by Gasteiger charge is -2.21. The first kappa shape index (κ1) is 14.1. The van der Waals surface area contributed by atoms with Crippen molar-refractivity contribution < 1.29 is 4.79 Å². The molecular weight excluding hydrogens is 324 g/mol. The van der Waals surface area contributed by atoms with E-state index in [1.54, 1.807) is 28.4 Å². The fraction of sp³-hybridized carbons (Fsp3) is 0.214. The molecule has 0 aliphatic heterocycles. The Hall–Kier alpha value is -1.33. The number of nitrogens with zero attached hydrogens (tertiary/aromatic N) is 1. The van der Waals surface area contributed by atoms with Crippen molar-refractivity contribution in [3.05, 3.63) is 50.6 Å².